The molecule has 7 nitrogen and oxygen atoms in total. The van der Waals surface area contributed by atoms with E-state index in [1.165, 1.54) is 34.1 Å². The first-order chi connectivity index (χ1) is 21.7. The number of rotatable bonds is 9. The van der Waals surface area contributed by atoms with Crippen molar-refractivity contribution in [3.05, 3.63) is 116 Å². The second kappa shape index (κ2) is 14.8. The van der Waals surface area contributed by atoms with E-state index < -0.39 is 17.1 Å². The zero-order valence-electron chi connectivity index (χ0n) is 24.2. The van der Waals surface area contributed by atoms with Gasteiger partial charge in [0.25, 0.3) is 11.8 Å². The zero-order chi connectivity index (χ0) is 31.9. The molecule has 0 spiro atoms. The monoisotopic (exact) mass is 674 g/mol. The Morgan fingerprint density at radius 2 is 1.76 bits per heavy atom. The number of carbonyl (C=O) groups is 3. The summed E-state index contributed by atoms with van der Waals surface area (Å²) < 4.78 is 0. The normalized spacial score (nSPS) is 13.2. The van der Waals surface area contributed by atoms with Gasteiger partial charge < -0.3 is 16.0 Å². The van der Waals surface area contributed by atoms with E-state index in [2.05, 4.69) is 22.0 Å². The number of fused-ring (bicyclic) bond motifs is 1. The third-order valence-electron chi connectivity index (χ3n) is 7.08. The summed E-state index contributed by atoms with van der Waals surface area (Å²) in [5.74, 6) is -1.24. The lowest BCUT2D eigenvalue weighted by molar-refractivity contribution is -0.115. The average Bonchev–Trinajstić information content (AvgIpc) is 3.39. The number of halogens is 2. The van der Waals surface area contributed by atoms with Crippen LogP contribution in [-0.2, 0) is 22.4 Å². The van der Waals surface area contributed by atoms with Crippen LogP contribution < -0.4 is 16.0 Å². The highest BCUT2D eigenvalue weighted by Crippen LogP contribution is 2.38. The molecule has 5 rings (SSSR count). The number of nitriles is 1. The first kappa shape index (κ1) is 32.3. The number of anilines is 2. The summed E-state index contributed by atoms with van der Waals surface area (Å²) in [6, 6.07) is 22.7. The van der Waals surface area contributed by atoms with Gasteiger partial charge >= 0.3 is 0 Å². The fourth-order valence-electron chi connectivity index (χ4n) is 4.81. The number of nitrogens with one attached hydrogen (secondary N) is 3. The molecule has 1 aliphatic carbocycles. The highest BCUT2D eigenvalue weighted by atomic mass is 35.5. The van der Waals surface area contributed by atoms with Gasteiger partial charge in [-0.1, -0.05) is 53.5 Å². The summed E-state index contributed by atoms with van der Waals surface area (Å²) >= 11 is 15.2. The molecule has 3 aromatic carbocycles. The molecule has 1 unspecified atom stereocenters. The van der Waals surface area contributed by atoms with Gasteiger partial charge in [0.2, 0.25) is 5.91 Å². The largest absolute Gasteiger partial charge is 0.321 e. The van der Waals surface area contributed by atoms with Crippen molar-refractivity contribution in [2.45, 2.75) is 42.8 Å². The molecule has 228 valence electrons. The first-order valence-electron chi connectivity index (χ1n) is 14.2. The molecule has 3 N–H and O–H groups in total. The fraction of sp³-hybridized carbons (Fsp3) is 0.176. The number of benzene rings is 3. The summed E-state index contributed by atoms with van der Waals surface area (Å²) in [5.41, 5.74) is 2.97. The molecule has 1 atom stereocenters. The van der Waals surface area contributed by atoms with Crippen LogP contribution in [0.2, 0.25) is 10.0 Å². The Balaban J connectivity index is 1.30. The minimum Gasteiger partial charge on any atom is -0.321 e. The molecule has 3 amide bonds. The van der Waals surface area contributed by atoms with Gasteiger partial charge in [0, 0.05) is 31.1 Å². The van der Waals surface area contributed by atoms with Gasteiger partial charge in [-0.25, -0.2) is 0 Å². The van der Waals surface area contributed by atoms with Crippen molar-refractivity contribution in [2.24, 2.45) is 0 Å². The van der Waals surface area contributed by atoms with E-state index in [1.807, 2.05) is 6.07 Å². The van der Waals surface area contributed by atoms with Crippen LogP contribution in [0, 0.1) is 11.3 Å². The summed E-state index contributed by atoms with van der Waals surface area (Å²) in [6.45, 7) is 1.79. The van der Waals surface area contributed by atoms with Gasteiger partial charge in [0.1, 0.15) is 16.8 Å². The number of carbonyl (C=O) groups excluding carboxylic acids is 3. The van der Waals surface area contributed by atoms with Crippen LogP contribution in [0.25, 0.3) is 6.08 Å². The summed E-state index contributed by atoms with van der Waals surface area (Å²) in [5, 5.41) is 19.1. The lowest BCUT2D eigenvalue weighted by Gasteiger charge is -2.14. The molecule has 1 aromatic heterocycles. The number of amides is 3. The second-order valence-electron chi connectivity index (χ2n) is 10.3. The number of aryl methyl sites for hydroxylation is 1. The van der Waals surface area contributed by atoms with Crippen LogP contribution in [-0.4, -0.2) is 23.0 Å². The second-order valence-corrected chi connectivity index (χ2v) is 13.7. The van der Waals surface area contributed by atoms with E-state index in [4.69, 9.17) is 23.2 Å². The minimum atomic E-state index is -0.566. The van der Waals surface area contributed by atoms with Gasteiger partial charge in [0.05, 0.1) is 10.8 Å². The van der Waals surface area contributed by atoms with Crippen LogP contribution >= 0.6 is 46.3 Å². The molecular weight excluding hydrogens is 647 g/mol. The van der Waals surface area contributed by atoms with E-state index in [0.29, 0.717) is 37.4 Å². The highest BCUT2D eigenvalue weighted by Gasteiger charge is 2.24. The summed E-state index contributed by atoms with van der Waals surface area (Å²) in [4.78, 5) is 41.5. The van der Waals surface area contributed by atoms with Crippen molar-refractivity contribution in [2.75, 3.05) is 10.6 Å². The fourth-order valence-corrected chi connectivity index (χ4v) is 7.44. The molecule has 0 saturated carbocycles. The Kier molecular flexibility index (Phi) is 10.6. The molecule has 0 bridgehead atoms. The lowest BCUT2D eigenvalue weighted by Crippen LogP contribution is -2.30. The Labute approximate surface area is 279 Å². The number of hydrogen-bond acceptors (Lipinski definition) is 6. The molecule has 1 aliphatic rings. The number of thioether (sulfide) groups is 1. The Hall–Kier alpha value is -4.07. The standard InChI is InChI=1S/C34H28Cl2N4O3S2/c1-20(31(41)40-34-27(19-37)26-12-5-6-13-30(26)45-34)44-25-11-7-10-24(18-25)38-33(43)29(16-22-14-15-23(35)17-28(22)36)39-32(42)21-8-3-2-4-9-21/h2-4,7-11,14-18,20H,5-6,12-13H2,1H3,(H,38,43)(H,39,42)(H,40,41)/b29-16+. The van der Waals surface area contributed by atoms with Crippen molar-refractivity contribution in [3.8, 4) is 6.07 Å². The van der Waals surface area contributed by atoms with Crippen molar-refractivity contribution in [1.82, 2.24) is 5.32 Å². The van der Waals surface area contributed by atoms with Crippen molar-refractivity contribution < 1.29 is 14.4 Å². The maximum atomic E-state index is 13.5. The van der Waals surface area contributed by atoms with Crippen molar-refractivity contribution in [1.29, 1.82) is 5.26 Å². The maximum Gasteiger partial charge on any atom is 0.272 e. The lowest BCUT2D eigenvalue weighted by atomic mass is 9.96. The van der Waals surface area contributed by atoms with E-state index in [-0.39, 0.29) is 11.6 Å². The topological polar surface area (TPSA) is 111 Å². The quantitative estimate of drug-likeness (QED) is 0.122. The molecule has 0 radical (unpaired) electrons. The van der Waals surface area contributed by atoms with Gasteiger partial charge in [-0.15, -0.1) is 23.1 Å². The van der Waals surface area contributed by atoms with Crippen LogP contribution in [0.4, 0.5) is 10.7 Å². The Morgan fingerprint density at radius 1 is 0.978 bits per heavy atom. The smallest absolute Gasteiger partial charge is 0.272 e. The van der Waals surface area contributed by atoms with Gasteiger partial charge in [-0.3, -0.25) is 14.4 Å². The third kappa shape index (κ3) is 8.16. The molecule has 1 heterocycles. The predicted molar refractivity (Wildman–Crippen MR) is 183 cm³/mol. The van der Waals surface area contributed by atoms with E-state index in [0.717, 1.165) is 36.1 Å². The molecule has 4 aromatic rings. The molecular formula is C34H28Cl2N4O3S2. The van der Waals surface area contributed by atoms with E-state index in [9.17, 15) is 19.6 Å². The first-order valence-corrected chi connectivity index (χ1v) is 16.6. The average molecular weight is 676 g/mol. The van der Waals surface area contributed by atoms with E-state index in [1.54, 1.807) is 73.7 Å². The van der Waals surface area contributed by atoms with Gasteiger partial charge in [0.15, 0.2) is 0 Å². The van der Waals surface area contributed by atoms with Crippen LogP contribution in [0.1, 0.15) is 51.7 Å². The molecule has 0 saturated heterocycles. The number of thiophene rings is 1. The maximum absolute atomic E-state index is 13.5. The molecule has 0 aliphatic heterocycles. The van der Waals surface area contributed by atoms with Crippen molar-refractivity contribution >= 4 is 80.8 Å². The Morgan fingerprint density at radius 3 is 2.51 bits per heavy atom. The Bertz CT molecular complexity index is 1830. The summed E-state index contributed by atoms with van der Waals surface area (Å²) in [7, 11) is 0. The molecule has 45 heavy (non-hydrogen) atoms. The van der Waals surface area contributed by atoms with Crippen molar-refractivity contribution in [3.63, 3.8) is 0 Å². The third-order valence-corrected chi connectivity index (χ3v) is 9.95. The SMILES string of the molecule is CC(Sc1cccc(NC(=O)/C(=C\c2ccc(Cl)cc2Cl)NC(=O)c2ccccc2)c1)C(=O)Nc1sc2c(c1C#N)CCCC2. The highest BCUT2D eigenvalue weighted by molar-refractivity contribution is 8.00. The number of nitrogens with zero attached hydrogens (tertiary/aromatic N) is 1. The predicted octanol–water partition coefficient (Wildman–Crippen LogP) is 8.33. The summed E-state index contributed by atoms with van der Waals surface area (Å²) in [6.07, 6.45) is 5.44. The minimum absolute atomic E-state index is 0.0224. The zero-order valence-corrected chi connectivity index (χ0v) is 27.3. The van der Waals surface area contributed by atoms with E-state index >= 15 is 0 Å². The van der Waals surface area contributed by atoms with Crippen LogP contribution in [0.15, 0.2) is 83.4 Å². The number of hydrogen-bond donors (Lipinski definition) is 3. The van der Waals surface area contributed by atoms with Crippen LogP contribution in [0.5, 0.6) is 0 Å². The van der Waals surface area contributed by atoms with Gasteiger partial charge in [-0.05, 0) is 92.3 Å². The molecule has 0 fully saturated rings. The van der Waals surface area contributed by atoms with Crippen LogP contribution in [0.3, 0.4) is 0 Å². The van der Waals surface area contributed by atoms with Gasteiger partial charge in [-0.2, -0.15) is 5.26 Å². The molecule has 11 heteroatoms.